The van der Waals surface area contributed by atoms with Crippen molar-refractivity contribution in [2.75, 3.05) is 0 Å². The maximum Gasteiger partial charge on any atom is 0.121 e. The van der Waals surface area contributed by atoms with Crippen molar-refractivity contribution >= 4 is 0 Å². The molecule has 19 heavy (non-hydrogen) atoms. The third-order valence-electron chi connectivity index (χ3n) is 3.04. The summed E-state index contributed by atoms with van der Waals surface area (Å²) in [5, 5.41) is 3.45. The molecule has 3 nitrogen and oxygen atoms in total. The molecular formula is C16H23N3. The molecule has 0 saturated heterocycles. The van der Waals surface area contributed by atoms with Gasteiger partial charge in [0.2, 0.25) is 0 Å². The van der Waals surface area contributed by atoms with Crippen LogP contribution in [0, 0.1) is 13.8 Å². The first kappa shape index (κ1) is 13.8. The summed E-state index contributed by atoms with van der Waals surface area (Å²) in [5.41, 5.74) is 4.71. The number of aromatic nitrogens is 2. The van der Waals surface area contributed by atoms with Gasteiger partial charge in [-0.1, -0.05) is 29.8 Å². The van der Waals surface area contributed by atoms with E-state index in [-0.39, 0.29) is 5.54 Å². The first-order valence-corrected chi connectivity index (χ1v) is 6.73. The van der Waals surface area contributed by atoms with Gasteiger partial charge in [-0.15, -0.1) is 0 Å². The van der Waals surface area contributed by atoms with Crippen LogP contribution in [0.2, 0.25) is 0 Å². The van der Waals surface area contributed by atoms with Crippen molar-refractivity contribution in [2.45, 2.75) is 46.7 Å². The maximum atomic E-state index is 4.69. The lowest BCUT2D eigenvalue weighted by atomic mass is 10.1. The highest BCUT2D eigenvalue weighted by atomic mass is 15.0. The Bertz CT molecular complexity index is 544. The number of aryl methyl sites for hydroxylation is 2. The molecular weight excluding hydrogens is 234 g/mol. The van der Waals surface area contributed by atoms with Crippen LogP contribution in [0.15, 0.2) is 24.3 Å². The van der Waals surface area contributed by atoms with Gasteiger partial charge in [-0.2, -0.15) is 0 Å². The maximum absolute atomic E-state index is 4.69. The molecule has 2 rings (SSSR count). The number of nitrogens with one attached hydrogen (secondary N) is 2. The molecule has 0 unspecified atom stereocenters. The molecule has 1 aromatic heterocycles. The lowest BCUT2D eigenvalue weighted by Crippen LogP contribution is -2.35. The summed E-state index contributed by atoms with van der Waals surface area (Å²) >= 11 is 0. The monoisotopic (exact) mass is 257 g/mol. The molecule has 102 valence electrons. The zero-order chi connectivity index (χ0) is 14.0. The molecule has 2 aromatic rings. The third kappa shape index (κ3) is 3.67. The van der Waals surface area contributed by atoms with Crippen LogP contribution in [0.3, 0.4) is 0 Å². The molecule has 0 aliphatic heterocycles. The highest BCUT2D eigenvalue weighted by molar-refractivity contribution is 5.62. The van der Waals surface area contributed by atoms with Gasteiger partial charge >= 0.3 is 0 Å². The van der Waals surface area contributed by atoms with E-state index < -0.39 is 0 Å². The van der Waals surface area contributed by atoms with E-state index in [1.54, 1.807) is 0 Å². The average molecular weight is 257 g/mol. The first-order valence-electron chi connectivity index (χ1n) is 6.73. The van der Waals surface area contributed by atoms with E-state index >= 15 is 0 Å². The molecule has 0 radical (unpaired) electrons. The highest BCUT2D eigenvalue weighted by Crippen LogP contribution is 2.21. The van der Waals surface area contributed by atoms with Gasteiger partial charge < -0.3 is 10.3 Å². The second-order valence-corrected chi connectivity index (χ2v) is 6.13. The number of hydrogen-bond acceptors (Lipinski definition) is 2. The Morgan fingerprint density at radius 1 is 1.11 bits per heavy atom. The van der Waals surface area contributed by atoms with Crippen molar-refractivity contribution in [3.8, 4) is 11.3 Å². The van der Waals surface area contributed by atoms with Crippen molar-refractivity contribution < 1.29 is 0 Å². The fourth-order valence-electron chi connectivity index (χ4n) is 1.95. The minimum Gasteiger partial charge on any atom is -0.344 e. The predicted octanol–water partition coefficient (Wildman–Crippen LogP) is 3.58. The molecule has 0 bridgehead atoms. The second-order valence-electron chi connectivity index (χ2n) is 6.13. The van der Waals surface area contributed by atoms with Crippen molar-refractivity contribution in [2.24, 2.45) is 0 Å². The summed E-state index contributed by atoms with van der Waals surface area (Å²) < 4.78 is 0. The van der Waals surface area contributed by atoms with E-state index in [1.165, 1.54) is 11.1 Å². The lowest BCUT2D eigenvalue weighted by Gasteiger charge is -2.19. The number of rotatable bonds is 3. The van der Waals surface area contributed by atoms with E-state index in [9.17, 15) is 0 Å². The van der Waals surface area contributed by atoms with E-state index in [0.29, 0.717) is 0 Å². The van der Waals surface area contributed by atoms with Crippen LogP contribution in [-0.2, 0) is 6.54 Å². The summed E-state index contributed by atoms with van der Waals surface area (Å²) in [5.74, 6) is 0.989. The molecule has 0 fully saturated rings. The smallest absolute Gasteiger partial charge is 0.121 e. The van der Waals surface area contributed by atoms with Crippen molar-refractivity contribution in [1.29, 1.82) is 0 Å². The number of hydrogen-bond donors (Lipinski definition) is 2. The predicted molar refractivity (Wildman–Crippen MR) is 80.1 cm³/mol. The Labute approximate surface area is 115 Å². The van der Waals surface area contributed by atoms with E-state index in [0.717, 1.165) is 23.8 Å². The Morgan fingerprint density at radius 2 is 1.74 bits per heavy atom. The van der Waals surface area contributed by atoms with Gasteiger partial charge in [-0.05, 0) is 34.6 Å². The molecule has 1 heterocycles. The molecule has 0 aliphatic carbocycles. The quantitative estimate of drug-likeness (QED) is 0.882. The fourth-order valence-corrected chi connectivity index (χ4v) is 1.95. The fraction of sp³-hybridized carbons (Fsp3) is 0.438. The number of aromatic amines is 1. The molecule has 3 heteroatoms. The van der Waals surface area contributed by atoms with E-state index in [1.807, 2.05) is 0 Å². The minimum atomic E-state index is 0.102. The Hall–Kier alpha value is -1.61. The van der Waals surface area contributed by atoms with Gasteiger partial charge in [0.05, 0.1) is 12.2 Å². The second kappa shape index (κ2) is 5.17. The summed E-state index contributed by atoms with van der Waals surface area (Å²) in [4.78, 5) is 8.05. The van der Waals surface area contributed by atoms with E-state index in [4.69, 9.17) is 4.98 Å². The van der Waals surface area contributed by atoms with Gasteiger partial charge in [0.1, 0.15) is 5.82 Å². The molecule has 0 spiro atoms. The zero-order valence-electron chi connectivity index (χ0n) is 12.5. The van der Waals surface area contributed by atoms with Crippen LogP contribution in [0.1, 0.15) is 37.9 Å². The van der Waals surface area contributed by atoms with Gasteiger partial charge in [0.25, 0.3) is 0 Å². The normalized spacial score (nSPS) is 11.8. The van der Waals surface area contributed by atoms with Crippen LogP contribution in [-0.4, -0.2) is 15.5 Å². The average Bonchev–Trinajstić information content (AvgIpc) is 2.68. The van der Waals surface area contributed by atoms with Gasteiger partial charge in [0, 0.05) is 16.8 Å². The Kier molecular flexibility index (Phi) is 3.76. The van der Waals surface area contributed by atoms with Crippen LogP contribution in [0.5, 0.6) is 0 Å². The number of H-pyrrole nitrogens is 1. The summed E-state index contributed by atoms with van der Waals surface area (Å²) in [6.45, 7) is 11.4. The third-order valence-corrected chi connectivity index (χ3v) is 3.04. The largest absolute Gasteiger partial charge is 0.344 e. The summed E-state index contributed by atoms with van der Waals surface area (Å²) in [6, 6.07) is 8.49. The summed E-state index contributed by atoms with van der Waals surface area (Å²) in [6.07, 6.45) is 0. The minimum absolute atomic E-state index is 0.102. The van der Waals surface area contributed by atoms with E-state index in [2.05, 4.69) is 69.2 Å². The van der Waals surface area contributed by atoms with Crippen molar-refractivity contribution in [3.63, 3.8) is 0 Å². The van der Waals surface area contributed by atoms with Crippen LogP contribution < -0.4 is 5.32 Å². The molecule has 1 aromatic carbocycles. The van der Waals surface area contributed by atoms with Crippen LogP contribution in [0.25, 0.3) is 11.3 Å². The van der Waals surface area contributed by atoms with Gasteiger partial charge in [0.15, 0.2) is 0 Å². The van der Waals surface area contributed by atoms with Crippen LogP contribution >= 0.6 is 0 Å². The topological polar surface area (TPSA) is 40.7 Å². The SMILES string of the molecule is Cc1ccc(-c2nc(CNC(C)(C)C)[nH]c2C)cc1. The van der Waals surface area contributed by atoms with Crippen molar-refractivity contribution in [1.82, 2.24) is 15.3 Å². The number of nitrogens with zero attached hydrogens (tertiary/aromatic N) is 1. The Balaban J connectivity index is 2.19. The number of imidazole rings is 1. The zero-order valence-corrected chi connectivity index (χ0v) is 12.5. The standard InChI is InChI=1S/C16H23N3/c1-11-6-8-13(9-7-11)15-12(2)18-14(19-15)10-17-16(3,4)5/h6-9,17H,10H2,1-5H3,(H,18,19). The highest BCUT2D eigenvalue weighted by Gasteiger charge is 2.12. The van der Waals surface area contributed by atoms with Gasteiger partial charge in [-0.3, -0.25) is 0 Å². The summed E-state index contributed by atoms with van der Waals surface area (Å²) in [7, 11) is 0. The van der Waals surface area contributed by atoms with Crippen LogP contribution in [0.4, 0.5) is 0 Å². The van der Waals surface area contributed by atoms with Gasteiger partial charge in [-0.25, -0.2) is 4.98 Å². The molecule has 2 N–H and O–H groups in total. The lowest BCUT2D eigenvalue weighted by molar-refractivity contribution is 0.418. The first-order chi connectivity index (χ1) is 8.85. The Morgan fingerprint density at radius 3 is 2.32 bits per heavy atom. The molecule has 0 aliphatic rings. The molecule has 0 amide bonds. The molecule has 0 atom stereocenters. The molecule has 0 saturated carbocycles. The van der Waals surface area contributed by atoms with Crippen molar-refractivity contribution in [3.05, 3.63) is 41.3 Å². The number of benzene rings is 1.